The van der Waals surface area contributed by atoms with E-state index >= 15 is 0 Å². The second-order valence-corrected chi connectivity index (χ2v) is 6.26. The Labute approximate surface area is 140 Å². The number of halogens is 1. The smallest absolute Gasteiger partial charge is 0.319 e. The van der Waals surface area contributed by atoms with Crippen molar-refractivity contribution in [2.45, 2.75) is 25.3 Å². The first-order valence-electron chi connectivity index (χ1n) is 7.52. The van der Waals surface area contributed by atoms with Gasteiger partial charge in [-0.2, -0.15) is 0 Å². The molecule has 4 nitrogen and oxygen atoms in total. The van der Waals surface area contributed by atoms with Crippen LogP contribution in [0.25, 0.3) is 0 Å². The van der Waals surface area contributed by atoms with Gasteiger partial charge in [0.15, 0.2) is 0 Å². The summed E-state index contributed by atoms with van der Waals surface area (Å²) in [4.78, 5) is 12.3. The molecule has 2 amide bonds. The van der Waals surface area contributed by atoms with Crippen molar-refractivity contribution in [3.63, 3.8) is 0 Å². The van der Waals surface area contributed by atoms with Gasteiger partial charge >= 0.3 is 6.03 Å². The normalized spacial score (nSPS) is 14.9. The lowest BCUT2D eigenvalue weighted by atomic mass is 10.1. The molecule has 0 bridgehead atoms. The third-order valence-corrected chi connectivity index (χ3v) is 4.58. The molecule has 23 heavy (non-hydrogen) atoms. The predicted molar refractivity (Wildman–Crippen MR) is 92.2 cm³/mol. The van der Waals surface area contributed by atoms with E-state index in [1.54, 1.807) is 13.2 Å². The first kappa shape index (κ1) is 15.7. The van der Waals surface area contributed by atoms with Gasteiger partial charge in [-0.05, 0) is 55.2 Å². The number of amides is 2. The molecule has 0 aliphatic heterocycles. The Balaban J connectivity index is 1.67. The van der Waals surface area contributed by atoms with Crippen molar-refractivity contribution < 1.29 is 9.53 Å². The molecule has 0 radical (unpaired) electrons. The van der Waals surface area contributed by atoms with Gasteiger partial charge in [-0.3, -0.25) is 0 Å². The van der Waals surface area contributed by atoms with E-state index in [1.807, 2.05) is 43.3 Å². The zero-order valence-corrected chi connectivity index (χ0v) is 13.9. The second kappa shape index (κ2) is 6.13. The number of rotatable bonds is 4. The van der Waals surface area contributed by atoms with E-state index in [-0.39, 0.29) is 11.6 Å². The fraction of sp³-hybridized carbons (Fsp3) is 0.278. The van der Waals surface area contributed by atoms with Gasteiger partial charge in [-0.25, -0.2) is 4.79 Å². The summed E-state index contributed by atoms with van der Waals surface area (Å²) in [6, 6.07) is 13.1. The average Bonchev–Trinajstić information content (AvgIpc) is 3.31. The minimum atomic E-state index is -0.273. The highest BCUT2D eigenvalue weighted by Crippen LogP contribution is 2.45. The van der Waals surface area contributed by atoms with Crippen LogP contribution in [0.15, 0.2) is 42.5 Å². The number of carbonyl (C=O) groups is 1. The molecule has 0 aromatic heterocycles. The van der Waals surface area contributed by atoms with E-state index in [4.69, 9.17) is 16.3 Å². The van der Waals surface area contributed by atoms with E-state index in [0.717, 1.165) is 29.7 Å². The number of hydrogen-bond donors (Lipinski definition) is 2. The van der Waals surface area contributed by atoms with E-state index in [9.17, 15) is 4.79 Å². The van der Waals surface area contributed by atoms with Crippen molar-refractivity contribution in [3.8, 4) is 5.75 Å². The number of anilines is 1. The highest BCUT2D eigenvalue weighted by atomic mass is 35.5. The Morgan fingerprint density at radius 1 is 1.17 bits per heavy atom. The van der Waals surface area contributed by atoms with Crippen molar-refractivity contribution in [1.29, 1.82) is 0 Å². The van der Waals surface area contributed by atoms with E-state index in [2.05, 4.69) is 10.6 Å². The fourth-order valence-electron chi connectivity index (χ4n) is 2.57. The SMILES string of the molecule is COc1ccc(C2(NC(=O)Nc3ccc(C)c(Cl)c3)CC2)cc1. The molecule has 1 fully saturated rings. The highest BCUT2D eigenvalue weighted by molar-refractivity contribution is 6.31. The lowest BCUT2D eigenvalue weighted by molar-refractivity contribution is 0.247. The summed E-state index contributed by atoms with van der Waals surface area (Å²) in [5, 5.41) is 6.55. The summed E-state index contributed by atoms with van der Waals surface area (Å²) in [6.45, 7) is 1.93. The molecule has 0 heterocycles. The number of hydrogen-bond acceptors (Lipinski definition) is 2. The molecule has 120 valence electrons. The quantitative estimate of drug-likeness (QED) is 0.869. The van der Waals surface area contributed by atoms with Gasteiger partial charge in [0.2, 0.25) is 0 Å². The molecule has 2 aromatic rings. The van der Waals surface area contributed by atoms with Crippen LogP contribution in [0.1, 0.15) is 24.0 Å². The standard InChI is InChI=1S/C18H19ClN2O2/c1-12-3-6-14(11-16(12)19)20-17(22)21-18(9-10-18)13-4-7-15(23-2)8-5-13/h3-8,11H,9-10H2,1-2H3,(H2,20,21,22). The molecule has 1 aliphatic carbocycles. The Bertz CT molecular complexity index is 724. The molecule has 2 N–H and O–H groups in total. The first-order valence-corrected chi connectivity index (χ1v) is 7.90. The van der Waals surface area contributed by atoms with Gasteiger partial charge < -0.3 is 15.4 Å². The zero-order valence-electron chi connectivity index (χ0n) is 13.2. The molecule has 0 spiro atoms. The highest BCUT2D eigenvalue weighted by Gasteiger charge is 2.45. The van der Waals surface area contributed by atoms with Gasteiger partial charge in [0, 0.05) is 10.7 Å². The van der Waals surface area contributed by atoms with E-state index in [0.29, 0.717) is 10.7 Å². The number of aryl methyl sites for hydroxylation is 1. The number of carbonyl (C=O) groups excluding carboxylic acids is 1. The third-order valence-electron chi connectivity index (χ3n) is 4.18. The number of nitrogens with one attached hydrogen (secondary N) is 2. The molecule has 1 saturated carbocycles. The summed E-state index contributed by atoms with van der Waals surface area (Å²) in [7, 11) is 1.64. The van der Waals surface area contributed by atoms with Crippen LogP contribution in [0.4, 0.5) is 10.5 Å². The minimum absolute atomic E-state index is 0.224. The molecule has 5 heteroatoms. The van der Waals surface area contributed by atoms with E-state index < -0.39 is 0 Å². The van der Waals surface area contributed by atoms with E-state index in [1.165, 1.54) is 0 Å². The zero-order chi connectivity index (χ0) is 16.4. The van der Waals surface area contributed by atoms with Gasteiger partial charge in [0.1, 0.15) is 5.75 Å². The maximum absolute atomic E-state index is 12.3. The molecule has 2 aromatic carbocycles. The third kappa shape index (κ3) is 3.42. The van der Waals surface area contributed by atoms with Gasteiger partial charge in [-0.1, -0.05) is 29.8 Å². The maximum Gasteiger partial charge on any atom is 0.319 e. The Hall–Kier alpha value is -2.20. The second-order valence-electron chi connectivity index (χ2n) is 5.85. The van der Waals surface area contributed by atoms with Crippen LogP contribution in [0.2, 0.25) is 5.02 Å². The molecule has 0 atom stereocenters. The summed E-state index contributed by atoms with van der Waals surface area (Å²) in [6.07, 6.45) is 1.86. The summed E-state index contributed by atoms with van der Waals surface area (Å²) in [5.74, 6) is 0.809. The van der Waals surface area contributed by atoms with Gasteiger partial charge in [0.05, 0.1) is 12.6 Å². The Morgan fingerprint density at radius 3 is 2.43 bits per heavy atom. The van der Waals surface area contributed by atoms with Gasteiger partial charge in [-0.15, -0.1) is 0 Å². The average molecular weight is 331 g/mol. The van der Waals surface area contributed by atoms with Crippen LogP contribution in [0.5, 0.6) is 5.75 Å². The monoisotopic (exact) mass is 330 g/mol. The van der Waals surface area contributed by atoms with Crippen molar-refractivity contribution in [3.05, 3.63) is 58.6 Å². The fourth-order valence-corrected chi connectivity index (χ4v) is 2.75. The van der Waals surface area contributed by atoms with Crippen LogP contribution in [0.3, 0.4) is 0 Å². The van der Waals surface area contributed by atoms with Crippen LogP contribution in [0, 0.1) is 6.92 Å². The molecule has 0 unspecified atom stereocenters. The van der Waals surface area contributed by atoms with Crippen molar-refractivity contribution in [2.24, 2.45) is 0 Å². The number of methoxy groups -OCH3 is 1. The van der Waals surface area contributed by atoms with Crippen LogP contribution < -0.4 is 15.4 Å². The number of urea groups is 1. The predicted octanol–water partition coefficient (Wildman–Crippen LogP) is 4.47. The molecular weight excluding hydrogens is 312 g/mol. The molecule has 0 saturated heterocycles. The molecular formula is C18H19ClN2O2. The molecule has 3 rings (SSSR count). The first-order chi connectivity index (χ1) is 11.0. The molecule has 1 aliphatic rings. The Morgan fingerprint density at radius 2 is 1.87 bits per heavy atom. The summed E-state index contributed by atoms with van der Waals surface area (Å²) < 4.78 is 5.17. The minimum Gasteiger partial charge on any atom is -0.497 e. The Kier molecular flexibility index (Phi) is 4.18. The largest absolute Gasteiger partial charge is 0.497 e. The van der Waals surface area contributed by atoms with Crippen molar-refractivity contribution in [1.82, 2.24) is 5.32 Å². The summed E-state index contributed by atoms with van der Waals surface area (Å²) >= 11 is 6.08. The van der Waals surface area contributed by atoms with Crippen LogP contribution in [-0.4, -0.2) is 13.1 Å². The summed E-state index contributed by atoms with van der Waals surface area (Å²) in [5.41, 5.74) is 2.48. The van der Waals surface area contributed by atoms with Gasteiger partial charge in [0.25, 0.3) is 0 Å². The lowest BCUT2D eigenvalue weighted by Crippen LogP contribution is -2.38. The van der Waals surface area contributed by atoms with Crippen LogP contribution in [-0.2, 0) is 5.54 Å². The van der Waals surface area contributed by atoms with Crippen LogP contribution >= 0.6 is 11.6 Å². The van der Waals surface area contributed by atoms with Crippen molar-refractivity contribution in [2.75, 3.05) is 12.4 Å². The maximum atomic E-state index is 12.3. The van der Waals surface area contributed by atoms with Crippen molar-refractivity contribution >= 4 is 23.3 Å². The topological polar surface area (TPSA) is 50.4 Å². The lowest BCUT2D eigenvalue weighted by Gasteiger charge is -2.19. The number of benzene rings is 2. The number of ether oxygens (including phenoxy) is 1.